The molecule has 0 amide bonds. The molecule has 1 aliphatic heterocycles. The molecule has 0 bridgehead atoms. The fourth-order valence-electron chi connectivity index (χ4n) is 8.64. The lowest BCUT2D eigenvalue weighted by Gasteiger charge is -2.14. The largest absolute Gasteiger partial charge is 0.498 e. The van der Waals surface area contributed by atoms with Gasteiger partial charge in [-0.2, -0.15) is 0 Å². The minimum Gasteiger partial charge on any atom is -0.498 e. The van der Waals surface area contributed by atoms with Gasteiger partial charge in [0.1, 0.15) is 94.0 Å². The monoisotopic (exact) mass is 1240 g/mol. The van der Waals surface area contributed by atoms with Gasteiger partial charge in [-0.15, -0.1) is 38.5 Å². The van der Waals surface area contributed by atoms with E-state index in [9.17, 15) is 0 Å². The van der Waals surface area contributed by atoms with Crippen LogP contribution in [0.2, 0.25) is 0 Å². The van der Waals surface area contributed by atoms with E-state index in [1.807, 2.05) is 206 Å². The van der Waals surface area contributed by atoms with Gasteiger partial charge in [0.2, 0.25) is 0 Å². The van der Waals surface area contributed by atoms with Crippen molar-refractivity contribution < 1.29 is 42.6 Å². The van der Waals surface area contributed by atoms with Crippen molar-refractivity contribution in [3.8, 4) is 120 Å². The molecule has 11 aromatic carbocycles. The molecule has 9 heteroatoms. The third kappa shape index (κ3) is 24.7. The van der Waals surface area contributed by atoms with Crippen molar-refractivity contribution in [2.75, 3.05) is 59.5 Å². The molecule has 0 aromatic heterocycles. The van der Waals surface area contributed by atoms with Crippen molar-refractivity contribution in [3.63, 3.8) is 0 Å². The molecule has 9 nitrogen and oxygen atoms in total. The van der Waals surface area contributed by atoms with Crippen molar-refractivity contribution >= 4 is 55.2 Å². The lowest BCUT2D eigenvalue weighted by Crippen LogP contribution is -2.03. The number of para-hydroxylation sites is 2. The van der Waals surface area contributed by atoms with E-state index in [0.717, 1.165) is 56.0 Å². The Bertz CT molecular complexity index is 4340. The van der Waals surface area contributed by atoms with Crippen molar-refractivity contribution in [2.24, 2.45) is 0 Å². The lowest BCUT2D eigenvalue weighted by atomic mass is 10.0. The van der Waals surface area contributed by atoms with Crippen LogP contribution in [-0.2, 0) is 4.74 Å². The van der Waals surface area contributed by atoms with Gasteiger partial charge in [0.25, 0.3) is 0 Å². The van der Waals surface area contributed by atoms with Gasteiger partial charge in [0.15, 0.2) is 11.5 Å². The molecule has 0 aliphatic carbocycles. The molecule has 0 saturated carbocycles. The maximum absolute atomic E-state index is 5.54. The normalized spacial score (nSPS) is 9.85. The third-order valence-electron chi connectivity index (χ3n) is 12.9. The highest BCUT2D eigenvalue weighted by Crippen LogP contribution is 2.34. The molecule has 12 rings (SSSR count). The molecule has 0 fully saturated rings. The molecule has 0 saturated heterocycles. The van der Waals surface area contributed by atoms with Crippen LogP contribution in [0.5, 0.6) is 46.0 Å². The zero-order valence-electron chi connectivity index (χ0n) is 52.3. The van der Waals surface area contributed by atoms with E-state index in [2.05, 4.69) is 103 Å². The van der Waals surface area contributed by atoms with Gasteiger partial charge >= 0.3 is 0 Å². The van der Waals surface area contributed by atoms with Crippen molar-refractivity contribution in [2.45, 2.75) is 0 Å². The zero-order valence-corrected chi connectivity index (χ0v) is 52.3. The van der Waals surface area contributed by atoms with Gasteiger partial charge in [-0.1, -0.05) is 231 Å². The van der Waals surface area contributed by atoms with Gasteiger partial charge < -0.3 is 42.6 Å². The minimum absolute atomic E-state index is 0.199. The molecule has 11 aromatic rings. The molecule has 1 aliphatic rings. The van der Waals surface area contributed by atoms with Gasteiger partial charge in [-0.3, -0.25) is 0 Å². The number of hydrogen-bond acceptors (Lipinski definition) is 9. The van der Waals surface area contributed by atoms with Crippen molar-refractivity contribution in [3.05, 3.63) is 279 Å². The van der Waals surface area contributed by atoms with E-state index in [4.69, 9.17) is 81.2 Å². The molecule has 466 valence electrons. The molecule has 0 atom stereocenters. The predicted molar refractivity (Wildman–Crippen MR) is 387 cm³/mol. The summed E-state index contributed by atoms with van der Waals surface area (Å²) < 4.78 is 48.0. The molecule has 0 unspecified atom stereocenters. The van der Waals surface area contributed by atoms with Crippen LogP contribution in [0.15, 0.2) is 268 Å². The quantitative estimate of drug-likeness (QED) is 0.0474. The van der Waals surface area contributed by atoms with Crippen LogP contribution in [0, 0.1) is 74.1 Å². The summed E-state index contributed by atoms with van der Waals surface area (Å²) in [6.45, 7) is 10.4. The maximum Gasteiger partial charge on any atom is 0.163 e. The van der Waals surface area contributed by atoms with Crippen LogP contribution in [-0.4, -0.2) is 59.5 Å². The number of ether oxygens (including phenoxy) is 9. The summed E-state index contributed by atoms with van der Waals surface area (Å²) in [5.74, 6) is 20.8. The predicted octanol–water partition coefficient (Wildman–Crippen LogP) is 18.1. The van der Waals surface area contributed by atoms with Crippen LogP contribution in [0.4, 0.5) is 0 Å². The lowest BCUT2D eigenvalue weighted by molar-refractivity contribution is 0.179. The molecule has 0 radical (unpaired) electrons. The van der Waals surface area contributed by atoms with Crippen LogP contribution >= 0.6 is 0 Å². The maximum atomic E-state index is 5.54. The molecule has 0 N–H and O–H groups in total. The van der Waals surface area contributed by atoms with Crippen LogP contribution < -0.4 is 37.9 Å². The Balaban J connectivity index is 0.000000176. The second-order valence-corrected chi connectivity index (χ2v) is 19.3. The van der Waals surface area contributed by atoms with E-state index >= 15 is 0 Å². The first-order valence-electron chi connectivity index (χ1n) is 29.7. The van der Waals surface area contributed by atoms with Gasteiger partial charge in [-0.25, -0.2) is 0 Å². The van der Waals surface area contributed by atoms with Crippen molar-refractivity contribution in [1.29, 1.82) is 0 Å². The first kappa shape index (κ1) is 70.3. The van der Waals surface area contributed by atoms with Gasteiger partial charge in [-0.05, 0) is 122 Å². The molecule has 1 heterocycles. The number of hydrogen-bond donors (Lipinski definition) is 0. The van der Waals surface area contributed by atoms with Crippen LogP contribution in [0.3, 0.4) is 0 Å². The summed E-state index contributed by atoms with van der Waals surface area (Å²) in [6.07, 6.45) is 38.3. The number of terminal acetylenes is 6. The van der Waals surface area contributed by atoms with E-state index < -0.39 is 0 Å². The Morgan fingerprint density at radius 3 is 1.32 bits per heavy atom. The molecular weight excluding hydrogens is 1160 g/mol. The topological polar surface area (TPSA) is 83.1 Å². The van der Waals surface area contributed by atoms with E-state index in [-0.39, 0.29) is 26.4 Å². The van der Waals surface area contributed by atoms with Crippen LogP contribution in [0.1, 0.15) is 11.1 Å². The first-order valence-corrected chi connectivity index (χ1v) is 29.7. The number of benzene rings is 11. The fraction of sp³-hybridized carbons (Fsp3) is 0.106. The summed E-state index contributed by atoms with van der Waals surface area (Å²) in [7, 11) is 0. The number of rotatable bonds is 18. The summed E-state index contributed by atoms with van der Waals surface area (Å²) in [5, 5.41) is 9.07. The Morgan fingerprint density at radius 1 is 0.351 bits per heavy atom. The second-order valence-electron chi connectivity index (χ2n) is 19.3. The molecular formula is C85H72O9. The number of fused-ring (bicyclic) bond motifs is 6. The Kier molecular flexibility index (Phi) is 31.6. The summed E-state index contributed by atoms with van der Waals surface area (Å²) >= 11 is 0. The van der Waals surface area contributed by atoms with E-state index in [0.29, 0.717) is 44.5 Å². The SMILES string of the molecule is C#CCOc1cc2ccccc2cc1OCC#C.C#CCOc1ccc2cccc(OCC#C)c2c1.C#CCOc1ccc2ccccc2c1.C#CCOc1ccccc1.C1=Cc2c(ccc3ccccc23)OC1.C=COCCOc1ccccc1.C=Cc1ccccc1. The standard InChI is InChI=1S/2C16H12O2.2C13H10O.C10H12O2.C9H8O.C8H8/c1-3-10-17-14-9-8-13-6-5-7-16(15(13)12-14)18-11-4-2;1-3-9-17-15-11-13-7-5-6-8-14(13)12-16(15)18-10-4-2;1-2-5-11-10(4-1)7-8-13-12(11)6-3-9-14-13;1-2-9-14-13-8-7-11-5-3-4-6-12(11)10-13;1-2-11-8-9-12-10-6-4-3-5-7-10;1-2-8-10-9-6-4-3-5-7-9;1-2-8-6-4-3-5-7-8/h1-2,5-9,12H,10-11H2;1-2,5-8,11-12H,9-10H2;1-8H,9H2;1,3-8,10H,9H2;2-7H,1,8-9H2;1,3-7H,8H2;2-7H,1H2. The van der Waals surface area contributed by atoms with Crippen LogP contribution in [0.25, 0.3) is 55.2 Å². The van der Waals surface area contributed by atoms with E-state index in [1.54, 1.807) is 0 Å². The van der Waals surface area contributed by atoms with Gasteiger partial charge in [0, 0.05) is 10.9 Å². The van der Waals surface area contributed by atoms with E-state index in [1.165, 1.54) is 38.9 Å². The average Bonchev–Trinajstić information content (AvgIpc) is 0.945. The summed E-state index contributed by atoms with van der Waals surface area (Å²) in [6, 6.07) is 79.1. The Hall–Kier alpha value is -12.8. The highest BCUT2D eigenvalue weighted by molar-refractivity contribution is 5.94. The summed E-state index contributed by atoms with van der Waals surface area (Å²) in [4.78, 5) is 0. The molecule has 0 spiro atoms. The molecule has 94 heavy (non-hydrogen) atoms. The first-order chi connectivity index (χ1) is 46.3. The highest BCUT2D eigenvalue weighted by Gasteiger charge is 2.10. The third-order valence-corrected chi connectivity index (χ3v) is 12.9. The Morgan fingerprint density at radius 2 is 0.777 bits per heavy atom. The van der Waals surface area contributed by atoms with Gasteiger partial charge in [0.05, 0.1) is 6.26 Å². The summed E-state index contributed by atoms with van der Waals surface area (Å²) in [5.41, 5.74) is 2.38. The smallest absolute Gasteiger partial charge is 0.163 e. The fourth-order valence-corrected chi connectivity index (χ4v) is 8.64. The van der Waals surface area contributed by atoms with Crippen molar-refractivity contribution in [1.82, 2.24) is 0 Å². The second kappa shape index (κ2) is 42.2. The Labute approximate surface area is 553 Å². The average molecular weight is 1240 g/mol. The zero-order chi connectivity index (χ0) is 66.5. The highest BCUT2D eigenvalue weighted by atomic mass is 16.5. The minimum atomic E-state index is 0.199.